The lowest BCUT2D eigenvalue weighted by Gasteiger charge is -2.24. The van der Waals surface area contributed by atoms with Crippen molar-refractivity contribution in [2.24, 2.45) is 5.73 Å². The van der Waals surface area contributed by atoms with E-state index in [-0.39, 0.29) is 6.04 Å². The summed E-state index contributed by atoms with van der Waals surface area (Å²) in [6.45, 7) is 3.09. The fourth-order valence-electron chi connectivity index (χ4n) is 3.01. The van der Waals surface area contributed by atoms with Crippen molar-refractivity contribution in [2.75, 3.05) is 13.1 Å². The van der Waals surface area contributed by atoms with Gasteiger partial charge in [-0.1, -0.05) is 54.6 Å². The van der Waals surface area contributed by atoms with E-state index in [4.69, 9.17) is 5.73 Å². The number of rotatable bonds is 3. The highest BCUT2D eigenvalue weighted by atomic mass is 15.1. The molecule has 1 aliphatic heterocycles. The second-order valence-corrected chi connectivity index (χ2v) is 5.62. The van der Waals surface area contributed by atoms with E-state index >= 15 is 0 Å². The maximum atomic E-state index is 6.36. The summed E-state index contributed by atoms with van der Waals surface area (Å²) in [5.41, 5.74) is 10.5. The highest BCUT2D eigenvalue weighted by Gasteiger charge is 2.16. The van der Waals surface area contributed by atoms with Crippen LogP contribution in [0.2, 0.25) is 0 Å². The summed E-state index contributed by atoms with van der Waals surface area (Å²) in [6.07, 6.45) is 2.41. The lowest BCUT2D eigenvalue weighted by Crippen LogP contribution is -2.32. The lowest BCUT2D eigenvalue weighted by atomic mass is 10.0. The molecule has 1 aliphatic rings. The average molecular weight is 266 g/mol. The van der Waals surface area contributed by atoms with Gasteiger partial charge < -0.3 is 5.73 Å². The van der Waals surface area contributed by atoms with Gasteiger partial charge in [0.25, 0.3) is 0 Å². The average Bonchev–Trinajstić information content (AvgIpc) is 2.69. The molecule has 2 nitrogen and oxygen atoms in total. The van der Waals surface area contributed by atoms with E-state index < -0.39 is 0 Å². The monoisotopic (exact) mass is 266 g/mol. The van der Waals surface area contributed by atoms with Crippen LogP contribution in [-0.2, 0) is 13.0 Å². The minimum atomic E-state index is 0.0986. The van der Waals surface area contributed by atoms with Crippen LogP contribution in [0.4, 0.5) is 0 Å². The molecule has 104 valence electrons. The first-order valence-corrected chi connectivity index (χ1v) is 7.42. The Kier molecular flexibility index (Phi) is 4.14. The third-order valence-electron chi connectivity index (χ3n) is 4.12. The van der Waals surface area contributed by atoms with Gasteiger partial charge in [-0.15, -0.1) is 0 Å². The summed E-state index contributed by atoms with van der Waals surface area (Å²) in [5, 5.41) is 0. The van der Waals surface area contributed by atoms with Gasteiger partial charge in [-0.25, -0.2) is 0 Å². The number of benzene rings is 2. The largest absolute Gasteiger partial charge is 0.323 e. The Hall–Kier alpha value is -1.64. The lowest BCUT2D eigenvalue weighted by molar-refractivity contribution is 0.253. The molecule has 0 spiro atoms. The molecule has 2 aromatic rings. The van der Waals surface area contributed by atoms with Gasteiger partial charge in [0, 0.05) is 19.1 Å². The Balaban J connectivity index is 1.69. The summed E-state index contributed by atoms with van der Waals surface area (Å²) in [6, 6.07) is 19.3. The molecule has 1 unspecified atom stereocenters. The predicted octanol–water partition coefficient (Wildman–Crippen LogP) is 3.13. The van der Waals surface area contributed by atoms with Crippen LogP contribution < -0.4 is 5.73 Å². The van der Waals surface area contributed by atoms with Crippen LogP contribution in [0.25, 0.3) is 0 Å². The number of nitrogens with zero attached hydrogens (tertiary/aromatic N) is 1. The highest BCUT2D eigenvalue weighted by molar-refractivity contribution is 5.28. The number of fused-ring (bicyclic) bond motifs is 1. The fourth-order valence-corrected chi connectivity index (χ4v) is 3.01. The molecule has 0 aromatic heterocycles. The Morgan fingerprint density at radius 2 is 1.65 bits per heavy atom. The molecule has 0 saturated heterocycles. The fraction of sp³-hybridized carbons (Fsp3) is 0.333. The third-order valence-corrected chi connectivity index (χ3v) is 4.12. The van der Waals surface area contributed by atoms with Crippen molar-refractivity contribution in [3.05, 3.63) is 71.3 Å². The van der Waals surface area contributed by atoms with E-state index in [2.05, 4.69) is 53.4 Å². The van der Waals surface area contributed by atoms with Gasteiger partial charge in [0.1, 0.15) is 0 Å². The zero-order valence-electron chi connectivity index (χ0n) is 11.8. The van der Waals surface area contributed by atoms with Gasteiger partial charge in [0.05, 0.1) is 0 Å². The summed E-state index contributed by atoms with van der Waals surface area (Å²) in [7, 11) is 0. The molecule has 0 radical (unpaired) electrons. The topological polar surface area (TPSA) is 29.3 Å². The Labute approximate surface area is 121 Å². The standard InChI is InChI=1S/C18H22N2/c19-18(16-8-2-1-3-9-16)14-20-12-6-11-15-7-4-5-10-17(15)13-20/h1-5,7-10,18H,6,11-14,19H2. The zero-order valence-corrected chi connectivity index (χ0v) is 11.8. The SMILES string of the molecule is NC(CN1CCCc2ccccc2C1)c1ccccc1. The maximum Gasteiger partial charge on any atom is 0.0424 e. The van der Waals surface area contributed by atoms with Gasteiger partial charge in [0.2, 0.25) is 0 Å². The molecule has 1 atom stereocenters. The number of nitrogens with two attached hydrogens (primary N) is 1. The molecule has 20 heavy (non-hydrogen) atoms. The normalized spacial score (nSPS) is 17.2. The van der Waals surface area contributed by atoms with E-state index in [0.717, 1.165) is 19.6 Å². The van der Waals surface area contributed by atoms with E-state index in [1.54, 1.807) is 0 Å². The molecule has 0 saturated carbocycles. The number of hydrogen-bond donors (Lipinski definition) is 1. The van der Waals surface area contributed by atoms with E-state index in [9.17, 15) is 0 Å². The van der Waals surface area contributed by atoms with Gasteiger partial charge >= 0.3 is 0 Å². The molecular formula is C18H22N2. The van der Waals surface area contributed by atoms with Crippen LogP contribution in [0.5, 0.6) is 0 Å². The molecule has 0 amide bonds. The van der Waals surface area contributed by atoms with E-state index in [1.807, 2.05) is 6.07 Å². The van der Waals surface area contributed by atoms with E-state index in [1.165, 1.54) is 29.5 Å². The molecule has 0 bridgehead atoms. The minimum absolute atomic E-state index is 0.0986. The van der Waals surface area contributed by atoms with Gasteiger partial charge in [-0.05, 0) is 36.1 Å². The third kappa shape index (κ3) is 3.09. The second-order valence-electron chi connectivity index (χ2n) is 5.62. The summed E-state index contributed by atoms with van der Waals surface area (Å²) in [5.74, 6) is 0. The van der Waals surface area contributed by atoms with Crippen molar-refractivity contribution in [1.29, 1.82) is 0 Å². The Morgan fingerprint density at radius 3 is 2.45 bits per heavy atom. The van der Waals surface area contributed by atoms with Gasteiger partial charge in [-0.2, -0.15) is 0 Å². The van der Waals surface area contributed by atoms with Crippen molar-refractivity contribution >= 4 is 0 Å². The first kappa shape index (κ1) is 13.3. The van der Waals surface area contributed by atoms with Crippen molar-refractivity contribution in [3.63, 3.8) is 0 Å². The van der Waals surface area contributed by atoms with Crippen LogP contribution in [0.15, 0.2) is 54.6 Å². The van der Waals surface area contributed by atoms with Crippen LogP contribution in [0.1, 0.15) is 29.2 Å². The highest BCUT2D eigenvalue weighted by Crippen LogP contribution is 2.20. The predicted molar refractivity (Wildman–Crippen MR) is 83.4 cm³/mol. The summed E-state index contributed by atoms with van der Waals surface area (Å²) < 4.78 is 0. The first-order chi connectivity index (χ1) is 9.83. The van der Waals surface area contributed by atoms with Crippen LogP contribution in [0.3, 0.4) is 0 Å². The first-order valence-electron chi connectivity index (χ1n) is 7.42. The van der Waals surface area contributed by atoms with Crippen LogP contribution in [-0.4, -0.2) is 18.0 Å². The number of aryl methyl sites for hydroxylation is 1. The van der Waals surface area contributed by atoms with E-state index in [0.29, 0.717) is 0 Å². The molecule has 0 aliphatic carbocycles. The Bertz CT molecular complexity index is 550. The van der Waals surface area contributed by atoms with Gasteiger partial charge in [-0.3, -0.25) is 4.90 Å². The zero-order chi connectivity index (χ0) is 13.8. The molecule has 2 aromatic carbocycles. The smallest absolute Gasteiger partial charge is 0.0424 e. The number of hydrogen-bond acceptors (Lipinski definition) is 2. The van der Waals surface area contributed by atoms with Crippen molar-refractivity contribution in [3.8, 4) is 0 Å². The summed E-state index contributed by atoms with van der Waals surface area (Å²) >= 11 is 0. The Morgan fingerprint density at radius 1 is 0.950 bits per heavy atom. The molecule has 1 heterocycles. The second kappa shape index (κ2) is 6.21. The van der Waals surface area contributed by atoms with Gasteiger partial charge in [0.15, 0.2) is 0 Å². The van der Waals surface area contributed by atoms with Crippen molar-refractivity contribution in [2.45, 2.75) is 25.4 Å². The van der Waals surface area contributed by atoms with Crippen molar-refractivity contribution in [1.82, 2.24) is 4.90 Å². The summed E-state index contributed by atoms with van der Waals surface area (Å²) in [4.78, 5) is 2.49. The molecule has 2 N–H and O–H groups in total. The van der Waals surface area contributed by atoms with Crippen LogP contribution in [0, 0.1) is 0 Å². The quantitative estimate of drug-likeness (QED) is 0.924. The molecule has 3 rings (SSSR count). The maximum absolute atomic E-state index is 6.36. The van der Waals surface area contributed by atoms with Crippen LogP contribution >= 0.6 is 0 Å². The molecular weight excluding hydrogens is 244 g/mol. The molecule has 0 fully saturated rings. The van der Waals surface area contributed by atoms with Crippen molar-refractivity contribution < 1.29 is 0 Å². The molecule has 2 heteroatoms. The minimum Gasteiger partial charge on any atom is -0.323 e.